The fourth-order valence-corrected chi connectivity index (χ4v) is 1.23. The molecule has 0 heterocycles. The summed E-state index contributed by atoms with van der Waals surface area (Å²) in [7, 11) is 0. The van der Waals surface area contributed by atoms with E-state index in [1.807, 2.05) is 0 Å². The van der Waals surface area contributed by atoms with Gasteiger partial charge in [-0.1, -0.05) is 31.9 Å². The Labute approximate surface area is 90.0 Å². The maximum Gasteiger partial charge on any atom is 0.138 e. The number of rotatable bonds is 4. The molecule has 2 N–H and O–H groups in total. The summed E-state index contributed by atoms with van der Waals surface area (Å²) >= 11 is 5.95. The van der Waals surface area contributed by atoms with E-state index >= 15 is 0 Å². The molecule has 0 aliphatic rings. The zero-order chi connectivity index (χ0) is 10.6. The van der Waals surface area contributed by atoms with Crippen molar-refractivity contribution in [1.29, 1.82) is 0 Å². The van der Waals surface area contributed by atoms with Gasteiger partial charge >= 0.3 is 0 Å². The molecule has 14 heavy (non-hydrogen) atoms. The third-order valence-electron chi connectivity index (χ3n) is 2.18. The molecule has 0 amide bonds. The van der Waals surface area contributed by atoms with E-state index < -0.39 is 0 Å². The van der Waals surface area contributed by atoms with Crippen LogP contribution < -0.4 is 10.5 Å². The minimum absolute atomic E-state index is 0.545. The van der Waals surface area contributed by atoms with Crippen LogP contribution >= 0.6 is 11.6 Å². The lowest BCUT2D eigenvalue weighted by Gasteiger charge is -2.12. The van der Waals surface area contributed by atoms with Crippen molar-refractivity contribution in [3.63, 3.8) is 0 Å². The smallest absolute Gasteiger partial charge is 0.138 e. The molecule has 0 radical (unpaired) electrons. The van der Waals surface area contributed by atoms with Crippen molar-refractivity contribution in [1.82, 2.24) is 0 Å². The minimum atomic E-state index is 0.545. The van der Waals surface area contributed by atoms with E-state index in [0.717, 1.165) is 6.42 Å². The molecule has 0 spiro atoms. The lowest BCUT2D eigenvalue weighted by molar-refractivity contribution is 0.257. The highest BCUT2D eigenvalue weighted by Crippen LogP contribution is 2.26. The molecular weight excluding hydrogens is 198 g/mol. The van der Waals surface area contributed by atoms with Crippen LogP contribution in [0.3, 0.4) is 0 Å². The van der Waals surface area contributed by atoms with E-state index in [1.165, 1.54) is 0 Å². The summed E-state index contributed by atoms with van der Waals surface area (Å²) in [6, 6.07) is 5.30. The van der Waals surface area contributed by atoms with Gasteiger partial charge in [-0.2, -0.15) is 0 Å². The molecule has 1 aromatic carbocycles. The normalized spacial score (nSPS) is 12.5. The van der Waals surface area contributed by atoms with Crippen molar-refractivity contribution in [2.45, 2.75) is 20.3 Å². The van der Waals surface area contributed by atoms with Gasteiger partial charge in [-0.3, -0.25) is 0 Å². The minimum Gasteiger partial charge on any atom is -0.492 e. The zero-order valence-corrected chi connectivity index (χ0v) is 9.34. The molecule has 0 fully saturated rings. The first-order chi connectivity index (χ1) is 6.63. The van der Waals surface area contributed by atoms with Crippen LogP contribution in [0.25, 0.3) is 0 Å². The van der Waals surface area contributed by atoms with E-state index in [0.29, 0.717) is 29.0 Å². The molecule has 1 unspecified atom stereocenters. The van der Waals surface area contributed by atoms with Gasteiger partial charge in [0.05, 0.1) is 11.6 Å². The fraction of sp³-hybridized carbons (Fsp3) is 0.455. The zero-order valence-electron chi connectivity index (χ0n) is 8.59. The molecule has 78 valence electrons. The molecule has 1 aromatic rings. The van der Waals surface area contributed by atoms with Gasteiger partial charge in [0.25, 0.3) is 0 Å². The Bertz CT molecular complexity index is 301. The van der Waals surface area contributed by atoms with Crippen LogP contribution in [0.2, 0.25) is 5.02 Å². The Balaban J connectivity index is 2.59. The van der Waals surface area contributed by atoms with Gasteiger partial charge in [0, 0.05) is 5.69 Å². The van der Waals surface area contributed by atoms with E-state index in [4.69, 9.17) is 22.1 Å². The van der Waals surface area contributed by atoms with Crippen molar-refractivity contribution in [2.75, 3.05) is 12.3 Å². The molecule has 0 aliphatic heterocycles. The molecule has 1 atom stereocenters. The Hall–Kier alpha value is -0.890. The number of hydrogen-bond acceptors (Lipinski definition) is 2. The van der Waals surface area contributed by atoms with E-state index in [2.05, 4.69) is 13.8 Å². The number of nitrogen functional groups attached to an aromatic ring is 1. The number of hydrogen-bond donors (Lipinski definition) is 1. The number of halogens is 1. The predicted octanol–water partition coefficient (Wildman–Crippen LogP) is 3.35. The average Bonchev–Trinajstić information content (AvgIpc) is 2.16. The second-order valence-corrected chi connectivity index (χ2v) is 3.92. The SMILES string of the molecule is CCC(C)COc1ccc(N)cc1Cl. The first-order valence-corrected chi connectivity index (χ1v) is 5.19. The molecular formula is C11H16ClNO. The maximum absolute atomic E-state index is 5.95. The Morgan fingerprint density at radius 1 is 1.50 bits per heavy atom. The highest BCUT2D eigenvalue weighted by atomic mass is 35.5. The fourth-order valence-electron chi connectivity index (χ4n) is 0.984. The monoisotopic (exact) mass is 213 g/mol. The Morgan fingerprint density at radius 3 is 2.79 bits per heavy atom. The summed E-state index contributed by atoms with van der Waals surface area (Å²) < 4.78 is 5.56. The van der Waals surface area contributed by atoms with Gasteiger partial charge in [-0.25, -0.2) is 0 Å². The standard InChI is InChI=1S/C11H16ClNO/c1-3-8(2)7-14-11-5-4-9(13)6-10(11)12/h4-6,8H,3,7,13H2,1-2H3. The summed E-state index contributed by atoms with van der Waals surface area (Å²) in [5.74, 6) is 1.25. The van der Waals surface area contributed by atoms with Crippen LogP contribution in [0.4, 0.5) is 5.69 Å². The van der Waals surface area contributed by atoms with Crippen molar-refractivity contribution >= 4 is 17.3 Å². The molecule has 1 rings (SSSR count). The largest absolute Gasteiger partial charge is 0.492 e. The molecule has 0 saturated heterocycles. The summed E-state index contributed by atoms with van der Waals surface area (Å²) in [4.78, 5) is 0. The van der Waals surface area contributed by atoms with Crippen LogP contribution in [-0.2, 0) is 0 Å². The molecule has 2 nitrogen and oxygen atoms in total. The number of benzene rings is 1. The molecule has 0 aliphatic carbocycles. The summed E-state index contributed by atoms with van der Waals surface area (Å²) in [5.41, 5.74) is 6.23. The maximum atomic E-state index is 5.95. The van der Waals surface area contributed by atoms with Crippen molar-refractivity contribution in [3.05, 3.63) is 23.2 Å². The van der Waals surface area contributed by atoms with Crippen molar-refractivity contribution in [3.8, 4) is 5.75 Å². The lowest BCUT2D eigenvalue weighted by Crippen LogP contribution is -2.07. The highest BCUT2D eigenvalue weighted by Gasteiger charge is 2.04. The second-order valence-electron chi connectivity index (χ2n) is 3.51. The third-order valence-corrected chi connectivity index (χ3v) is 2.47. The van der Waals surface area contributed by atoms with Crippen LogP contribution in [0, 0.1) is 5.92 Å². The molecule has 3 heteroatoms. The van der Waals surface area contributed by atoms with Crippen LogP contribution in [-0.4, -0.2) is 6.61 Å². The van der Waals surface area contributed by atoms with E-state index in [9.17, 15) is 0 Å². The third kappa shape index (κ3) is 3.11. The topological polar surface area (TPSA) is 35.2 Å². The summed E-state index contributed by atoms with van der Waals surface area (Å²) in [5, 5.41) is 0.577. The average molecular weight is 214 g/mol. The van der Waals surface area contributed by atoms with Crippen LogP contribution in [0.15, 0.2) is 18.2 Å². The number of nitrogens with two attached hydrogens (primary N) is 1. The second kappa shape index (κ2) is 5.11. The van der Waals surface area contributed by atoms with Gasteiger partial charge in [0.15, 0.2) is 0 Å². The van der Waals surface area contributed by atoms with Crippen molar-refractivity contribution < 1.29 is 4.74 Å². The molecule has 0 aromatic heterocycles. The molecule has 0 bridgehead atoms. The Morgan fingerprint density at radius 2 is 2.21 bits per heavy atom. The highest BCUT2D eigenvalue weighted by molar-refractivity contribution is 6.32. The Kier molecular flexibility index (Phi) is 4.08. The molecule has 0 saturated carbocycles. The van der Waals surface area contributed by atoms with Crippen LogP contribution in [0.5, 0.6) is 5.75 Å². The predicted molar refractivity (Wildman–Crippen MR) is 60.8 cm³/mol. The first kappa shape index (κ1) is 11.2. The van der Waals surface area contributed by atoms with Gasteiger partial charge in [-0.05, 0) is 24.1 Å². The summed E-state index contributed by atoms with van der Waals surface area (Å²) in [6.07, 6.45) is 1.10. The lowest BCUT2D eigenvalue weighted by atomic mass is 10.1. The first-order valence-electron chi connectivity index (χ1n) is 4.81. The van der Waals surface area contributed by atoms with Gasteiger partial charge in [0.2, 0.25) is 0 Å². The summed E-state index contributed by atoms with van der Waals surface area (Å²) in [6.45, 7) is 4.98. The number of anilines is 1. The quantitative estimate of drug-likeness (QED) is 0.779. The number of ether oxygens (including phenoxy) is 1. The van der Waals surface area contributed by atoms with Gasteiger partial charge in [-0.15, -0.1) is 0 Å². The van der Waals surface area contributed by atoms with Gasteiger partial charge in [0.1, 0.15) is 5.75 Å². The van der Waals surface area contributed by atoms with Gasteiger partial charge < -0.3 is 10.5 Å². The van der Waals surface area contributed by atoms with E-state index in [1.54, 1.807) is 18.2 Å². The van der Waals surface area contributed by atoms with Crippen LogP contribution in [0.1, 0.15) is 20.3 Å². The van der Waals surface area contributed by atoms with Crippen molar-refractivity contribution in [2.24, 2.45) is 5.92 Å². The van der Waals surface area contributed by atoms with E-state index in [-0.39, 0.29) is 0 Å².